The predicted molar refractivity (Wildman–Crippen MR) is 86.5 cm³/mol. The second-order valence-electron chi connectivity index (χ2n) is 6.25. The number of rotatable bonds is 5. The molecule has 2 heterocycles. The molecule has 1 unspecified atom stereocenters. The van der Waals surface area contributed by atoms with E-state index < -0.39 is 0 Å². The number of aromatic nitrogens is 1. The van der Waals surface area contributed by atoms with Gasteiger partial charge in [0.2, 0.25) is 0 Å². The fourth-order valence-electron chi connectivity index (χ4n) is 2.89. The van der Waals surface area contributed by atoms with Gasteiger partial charge in [-0.2, -0.15) is 0 Å². The molecule has 1 N–H and O–H groups in total. The molecule has 0 bridgehead atoms. The van der Waals surface area contributed by atoms with E-state index in [1.807, 2.05) is 6.92 Å². The second kappa shape index (κ2) is 8.24. The smallest absolute Gasteiger partial charge is 0.409 e. The number of ether oxygens (including phenoxy) is 1. The van der Waals surface area contributed by atoms with Gasteiger partial charge < -0.3 is 15.0 Å². The quantitative estimate of drug-likeness (QED) is 0.904. The molecule has 128 valence electrons. The van der Waals surface area contributed by atoms with Gasteiger partial charge in [0.25, 0.3) is 0 Å². The lowest BCUT2D eigenvalue weighted by Gasteiger charge is -2.35. The van der Waals surface area contributed by atoms with Gasteiger partial charge in [-0.1, -0.05) is 13.8 Å². The van der Waals surface area contributed by atoms with Crippen molar-refractivity contribution in [2.45, 2.75) is 45.7 Å². The number of hydrogen-bond acceptors (Lipinski definition) is 4. The molecule has 1 fully saturated rings. The molecule has 0 spiro atoms. The van der Waals surface area contributed by atoms with Crippen LogP contribution in [0, 0.1) is 11.7 Å². The summed E-state index contributed by atoms with van der Waals surface area (Å²) in [5.74, 6) is 0.0232. The van der Waals surface area contributed by atoms with E-state index in [0.717, 1.165) is 18.5 Å². The maximum atomic E-state index is 13.1. The molecule has 0 aromatic carbocycles. The topological polar surface area (TPSA) is 54.5 Å². The average Bonchev–Trinajstić information content (AvgIpc) is 2.54. The molecule has 1 aliphatic rings. The zero-order valence-corrected chi connectivity index (χ0v) is 14.1. The number of carbonyl (C=O) groups is 1. The summed E-state index contributed by atoms with van der Waals surface area (Å²) in [4.78, 5) is 17.7. The van der Waals surface area contributed by atoms with E-state index in [0.29, 0.717) is 31.7 Å². The lowest BCUT2D eigenvalue weighted by molar-refractivity contribution is 0.0934. The molecule has 1 saturated heterocycles. The molecule has 5 nitrogen and oxygen atoms in total. The van der Waals surface area contributed by atoms with Crippen molar-refractivity contribution in [2.75, 3.05) is 19.7 Å². The van der Waals surface area contributed by atoms with Gasteiger partial charge in [0, 0.05) is 19.1 Å². The van der Waals surface area contributed by atoms with Crippen molar-refractivity contribution in [3.63, 3.8) is 0 Å². The van der Waals surface area contributed by atoms with Crippen LogP contribution in [0.4, 0.5) is 9.18 Å². The van der Waals surface area contributed by atoms with Crippen molar-refractivity contribution in [2.24, 2.45) is 5.92 Å². The predicted octanol–water partition coefficient (Wildman–Crippen LogP) is 3.13. The van der Waals surface area contributed by atoms with Crippen molar-refractivity contribution < 1.29 is 13.9 Å². The van der Waals surface area contributed by atoms with Crippen LogP contribution in [0.3, 0.4) is 0 Å². The molecule has 6 heteroatoms. The fraction of sp³-hybridized carbons (Fsp3) is 0.647. The van der Waals surface area contributed by atoms with Crippen LogP contribution in [0.15, 0.2) is 18.3 Å². The maximum absolute atomic E-state index is 13.1. The number of carbonyl (C=O) groups excluding carboxylic acids is 1. The maximum Gasteiger partial charge on any atom is 0.409 e. The summed E-state index contributed by atoms with van der Waals surface area (Å²) in [7, 11) is 0. The summed E-state index contributed by atoms with van der Waals surface area (Å²) in [5, 5.41) is 3.62. The summed E-state index contributed by atoms with van der Waals surface area (Å²) in [6, 6.07) is 3.58. The van der Waals surface area contributed by atoms with Crippen LogP contribution in [-0.4, -0.2) is 41.7 Å². The van der Waals surface area contributed by atoms with Crippen LogP contribution < -0.4 is 5.32 Å². The number of hydrogen-bond donors (Lipinski definition) is 1. The first-order valence-corrected chi connectivity index (χ1v) is 8.30. The molecular weight excluding hydrogens is 297 g/mol. The van der Waals surface area contributed by atoms with Gasteiger partial charge in [0.05, 0.1) is 24.5 Å². The Balaban J connectivity index is 1.92. The minimum atomic E-state index is -0.320. The Morgan fingerprint density at radius 1 is 1.43 bits per heavy atom. The van der Waals surface area contributed by atoms with E-state index in [9.17, 15) is 9.18 Å². The van der Waals surface area contributed by atoms with Crippen LogP contribution in [0.5, 0.6) is 0 Å². The van der Waals surface area contributed by atoms with Crippen molar-refractivity contribution in [1.29, 1.82) is 0 Å². The Bertz CT molecular complexity index is 499. The van der Waals surface area contributed by atoms with Crippen LogP contribution in [0.25, 0.3) is 0 Å². The summed E-state index contributed by atoms with van der Waals surface area (Å²) in [5.41, 5.74) is 0.856. The number of nitrogens with one attached hydrogen (secondary N) is 1. The molecular formula is C17H26FN3O2. The molecule has 2 rings (SSSR count). The van der Waals surface area contributed by atoms with E-state index in [2.05, 4.69) is 24.1 Å². The fourth-order valence-corrected chi connectivity index (χ4v) is 2.89. The van der Waals surface area contributed by atoms with Gasteiger partial charge in [-0.25, -0.2) is 9.18 Å². The van der Waals surface area contributed by atoms with Crippen LogP contribution >= 0.6 is 0 Å². The van der Waals surface area contributed by atoms with E-state index in [1.54, 1.807) is 11.0 Å². The van der Waals surface area contributed by atoms with Crippen molar-refractivity contribution in [3.8, 4) is 0 Å². The first-order chi connectivity index (χ1) is 11.0. The minimum absolute atomic E-state index is 0.0785. The molecule has 0 saturated carbocycles. The van der Waals surface area contributed by atoms with Crippen LogP contribution in [-0.2, 0) is 4.74 Å². The number of likely N-dealkylation sites (tertiary alicyclic amines) is 1. The number of halogens is 1. The second-order valence-corrected chi connectivity index (χ2v) is 6.25. The Morgan fingerprint density at radius 2 is 2.13 bits per heavy atom. The summed E-state index contributed by atoms with van der Waals surface area (Å²) < 4.78 is 18.1. The molecule has 1 aromatic heterocycles. The van der Waals surface area contributed by atoms with Gasteiger partial charge in [0.15, 0.2) is 0 Å². The normalized spacial score (nSPS) is 17.3. The highest BCUT2D eigenvalue weighted by molar-refractivity contribution is 5.67. The molecule has 0 aliphatic carbocycles. The molecule has 1 aliphatic heterocycles. The highest BCUT2D eigenvalue weighted by atomic mass is 19.1. The summed E-state index contributed by atoms with van der Waals surface area (Å²) in [6.45, 7) is 7.85. The Labute approximate surface area is 137 Å². The Hall–Kier alpha value is -1.69. The minimum Gasteiger partial charge on any atom is -0.450 e. The largest absolute Gasteiger partial charge is 0.450 e. The SMILES string of the molecule is CCOC(=O)N1CCC(NC(c2ccc(F)cn2)C(C)C)CC1. The standard InChI is InChI=1S/C17H26FN3O2/c1-4-23-17(22)21-9-7-14(8-10-21)20-16(12(2)3)15-6-5-13(18)11-19-15/h5-6,11-12,14,16,20H,4,7-10H2,1-3H3. The van der Waals surface area contributed by atoms with Crippen molar-refractivity contribution in [1.82, 2.24) is 15.2 Å². The third-order valence-corrected chi connectivity index (χ3v) is 4.17. The lowest BCUT2D eigenvalue weighted by Crippen LogP contribution is -2.46. The molecule has 23 heavy (non-hydrogen) atoms. The zero-order valence-electron chi connectivity index (χ0n) is 14.1. The van der Waals surface area contributed by atoms with E-state index in [-0.39, 0.29) is 18.0 Å². The molecule has 0 radical (unpaired) electrons. The lowest BCUT2D eigenvalue weighted by atomic mass is 9.96. The van der Waals surface area contributed by atoms with Gasteiger partial charge >= 0.3 is 6.09 Å². The number of piperidine rings is 1. The first kappa shape index (κ1) is 17.7. The monoisotopic (exact) mass is 323 g/mol. The highest BCUT2D eigenvalue weighted by Gasteiger charge is 2.27. The van der Waals surface area contributed by atoms with Crippen molar-refractivity contribution >= 4 is 6.09 Å². The van der Waals surface area contributed by atoms with Crippen LogP contribution in [0.2, 0.25) is 0 Å². The van der Waals surface area contributed by atoms with E-state index >= 15 is 0 Å². The third kappa shape index (κ3) is 4.89. The molecule has 1 amide bonds. The van der Waals surface area contributed by atoms with E-state index in [4.69, 9.17) is 4.74 Å². The summed E-state index contributed by atoms with van der Waals surface area (Å²) >= 11 is 0. The highest BCUT2D eigenvalue weighted by Crippen LogP contribution is 2.23. The van der Waals surface area contributed by atoms with E-state index in [1.165, 1.54) is 12.3 Å². The average molecular weight is 323 g/mol. The van der Waals surface area contributed by atoms with Crippen molar-refractivity contribution in [3.05, 3.63) is 29.8 Å². The summed E-state index contributed by atoms with van der Waals surface area (Å²) in [6.07, 6.45) is 2.79. The molecule has 1 atom stereocenters. The number of nitrogens with zero attached hydrogens (tertiary/aromatic N) is 2. The third-order valence-electron chi connectivity index (χ3n) is 4.17. The van der Waals surface area contributed by atoms with Gasteiger partial charge in [-0.05, 0) is 37.8 Å². The number of amides is 1. The molecule has 1 aromatic rings. The van der Waals surface area contributed by atoms with Crippen LogP contribution in [0.1, 0.15) is 45.3 Å². The Morgan fingerprint density at radius 3 is 2.65 bits per heavy atom. The first-order valence-electron chi connectivity index (χ1n) is 8.30. The van der Waals surface area contributed by atoms with Gasteiger partial charge in [-0.15, -0.1) is 0 Å². The Kier molecular flexibility index (Phi) is 6.33. The zero-order chi connectivity index (χ0) is 16.8. The number of pyridine rings is 1. The van der Waals surface area contributed by atoms with Gasteiger partial charge in [-0.3, -0.25) is 4.98 Å². The van der Waals surface area contributed by atoms with Gasteiger partial charge in [0.1, 0.15) is 5.82 Å².